The van der Waals surface area contributed by atoms with Crippen molar-refractivity contribution in [2.24, 2.45) is 0 Å². The molecule has 3 N–H and O–H groups in total. The van der Waals surface area contributed by atoms with Crippen molar-refractivity contribution in [1.29, 1.82) is 0 Å². The number of unbranched alkanes of at least 4 members (excludes halogenated alkanes) is 13. The maximum Gasteiger partial charge on any atom is 0.305 e. The summed E-state index contributed by atoms with van der Waals surface area (Å²) in [6, 6.07) is 0. The SMILES string of the molecule is CCCCC/C=C\C[C@@H](O)[C@H](O)CCCCCCCC(=O)OC[C@@H](O)COC(=O)CCCCCCCCC. The third-order valence-electron chi connectivity index (χ3n) is 6.70. The van der Waals surface area contributed by atoms with Crippen molar-refractivity contribution >= 4 is 11.9 Å². The van der Waals surface area contributed by atoms with E-state index in [1.165, 1.54) is 44.9 Å². The van der Waals surface area contributed by atoms with Crippen LogP contribution in [0.4, 0.5) is 0 Å². The van der Waals surface area contributed by atoms with Crippen LogP contribution in [-0.2, 0) is 19.1 Å². The summed E-state index contributed by atoms with van der Waals surface area (Å²) >= 11 is 0. The molecule has 0 aromatic rings. The Morgan fingerprint density at radius 1 is 0.605 bits per heavy atom. The molecule has 0 rings (SSSR count). The predicted molar refractivity (Wildman–Crippen MR) is 153 cm³/mol. The Balaban J connectivity index is 3.61. The monoisotopic (exact) mass is 542 g/mol. The van der Waals surface area contributed by atoms with E-state index in [9.17, 15) is 24.9 Å². The molecule has 0 saturated heterocycles. The highest BCUT2D eigenvalue weighted by Crippen LogP contribution is 2.13. The molecular formula is C31H58O7. The molecular weight excluding hydrogens is 484 g/mol. The van der Waals surface area contributed by atoms with Gasteiger partial charge in [-0.05, 0) is 38.5 Å². The molecule has 0 fully saturated rings. The van der Waals surface area contributed by atoms with Crippen LogP contribution < -0.4 is 0 Å². The van der Waals surface area contributed by atoms with Crippen LogP contribution in [-0.4, -0.2) is 58.8 Å². The molecule has 38 heavy (non-hydrogen) atoms. The molecule has 0 aliphatic rings. The smallest absolute Gasteiger partial charge is 0.305 e. The van der Waals surface area contributed by atoms with Gasteiger partial charge in [0.1, 0.15) is 19.3 Å². The first-order chi connectivity index (χ1) is 18.4. The van der Waals surface area contributed by atoms with Gasteiger partial charge >= 0.3 is 11.9 Å². The summed E-state index contributed by atoms with van der Waals surface area (Å²) in [6.07, 6.45) is 20.2. The van der Waals surface area contributed by atoms with Crippen LogP contribution in [0.3, 0.4) is 0 Å². The van der Waals surface area contributed by atoms with E-state index in [-0.39, 0.29) is 31.6 Å². The fourth-order valence-corrected chi connectivity index (χ4v) is 4.17. The number of esters is 2. The van der Waals surface area contributed by atoms with E-state index < -0.39 is 18.3 Å². The number of hydrogen-bond donors (Lipinski definition) is 3. The Kier molecular flexibility index (Phi) is 26.1. The molecule has 224 valence electrons. The third-order valence-corrected chi connectivity index (χ3v) is 6.70. The number of carbonyl (C=O) groups is 2. The highest BCUT2D eigenvalue weighted by molar-refractivity contribution is 5.69. The Morgan fingerprint density at radius 2 is 1.08 bits per heavy atom. The summed E-state index contributed by atoms with van der Waals surface area (Å²) in [4.78, 5) is 23.6. The largest absolute Gasteiger partial charge is 0.463 e. The number of aliphatic hydroxyl groups is 3. The highest BCUT2D eigenvalue weighted by atomic mass is 16.6. The molecule has 0 amide bonds. The van der Waals surface area contributed by atoms with Gasteiger partial charge in [-0.15, -0.1) is 0 Å². The van der Waals surface area contributed by atoms with Crippen molar-refractivity contribution in [3.63, 3.8) is 0 Å². The lowest BCUT2D eigenvalue weighted by Crippen LogP contribution is -2.25. The van der Waals surface area contributed by atoms with Gasteiger partial charge in [0.05, 0.1) is 12.2 Å². The van der Waals surface area contributed by atoms with E-state index in [1.54, 1.807) is 0 Å². The van der Waals surface area contributed by atoms with Crippen LogP contribution in [0.2, 0.25) is 0 Å². The van der Waals surface area contributed by atoms with E-state index in [1.807, 2.05) is 6.08 Å². The molecule has 0 aliphatic carbocycles. The number of ether oxygens (including phenoxy) is 2. The zero-order valence-corrected chi connectivity index (χ0v) is 24.4. The summed E-state index contributed by atoms with van der Waals surface area (Å²) in [5.74, 6) is -0.680. The minimum atomic E-state index is -1.00. The van der Waals surface area contributed by atoms with Crippen LogP contribution in [0.5, 0.6) is 0 Å². The molecule has 7 nitrogen and oxygen atoms in total. The lowest BCUT2D eigenvalue weighted by atomic mass is 10.0. The van der Waals surface area contributed by atoms with Crippen LogP contribution in [0, 0.1) is 0 Å². The zero-order chi connectivity index (χ0) is 28.3. The van der Waals surface area contributed by atoms with Crippen LogP contribution in [0.1, 0.15) is 142 Å². The second-order valence-corrected chi connectivity index (χ2v) is 10.5. The van der Waals surface area contributed by atoms with Crippen LogP contribution >= 0.6 is 0 Å². The molecule has 7 heteroatoms. The second kappa shape index (κ2) is 27.1. The zero-order valence-electron chi connectivity index (χ0n) is 24.4. The average Bonchev–Trinajstić information content (AvgIpc) is 2.91. The predicted octanol–water partition coefficient (Wildman–Crippen LogP) is 6.55. The van der Waals surface area contributed by atoms with E-state index in [0.717, 1.165) is 51.4 Å². The average molecular weight is 543 g/mol. The van der Waals surface area contributed by atoms with Gasteiger partial charge in [-0.3, -0.25) is 9.59 Å². The molecule has 0 aromatic carbocycles. The normalized spacial score (nSPS) is 13.9. The fraction of sp³-hybridized carbons (Fsp3) is 0.871. The Hall–Kier alpha value is -1.44. The molecule has 0 aliphatic heterocycles. The maximum absolute atomic E-state index is 11.9. The van der Waals surface area contributed by atoms with Crippen molar-refractivity contribution in [1.82, 2.24) is 0 Å². The van der Waals surface area contributed by atoms with Crippen molar-refractivity contribution in [3.05, 3.63) is 12.2 Å². The Bertz CT molecular complexity index is 579. The van der Waals surface area contributed by atoms with E-state index >= 15 is 0 Å². The summed E-state index contributed by atoms with van der Waals surface area (Å²) in [5, 5.41) is 30.0. The Labute approximate surface area is 232 Å². The van der Waals surface area contributed by atoms with Crippen molar-refractivity contribution in [3.8, 4) is 0 Å². The fourth-order valence-electron chi connectivity index (χ4n) is 4.17. The van der Waals surface area contributed by atoms with Crippen LogP contribution in [0.15, 0.2) is 12.2 Å². The summed E-state index contributed by atoms with van der Waals surface area (Å²) in [5.41, 5.74) is 0. The first-order valence-electron chi connectivity index (χ1n) is 15.4. The lowest BCUT2D eigenvalue weighted by molar-refractivity contribution is -0.152. The van der Waals surface area contributed by atoms with Crippen molar-refractivity contribution < 1.29 is 34.4 Å². The second-order valence-electron chi connectivity index (χ2n) is 10.5. The standard InChI is InChI=1S/C31H58O7/c1-3-5-7-9-11-15-19-23-30(35)37-25-27(32)26-38-31(36)24-20-16-12-14-18-22-29(34)28(33)21-17-13-10-8-6-4-2/h13,17,27-29,32-34H,3-12,14-16,18-26H2,1-2H3/b17-13-/t27-,28+,29+/m0/s1. The molecule has 0 heterocycles. The van der Waals surface area contributed by atoms with Gasteiger partial charge in [0.25, 0.3) is 0 Å². The first-order valence-corrected chi connectivity index (χ1v) is 15.4. The van der Waals surface area contributed by atoms with Gasteiger partial charge in [0.2, 0.25) is 0 Å². The number of carbonyl (C=O) groups excluding carboxylic acids is 2. The maximum atomic E-state index is 11.9. The molecule has 0 unspecified atom stereocenters. The summed E-state index contributed by atoms with van der Waals surface area (Å²) < 4.78 is 10.1. The van der Waals surface area contributed by atoms with E-state index in [2.05, 4.69) is 19.9 Å². The topological polar surface area (TPSA) is 113 Å². The van der Waals surface area contributed by atoms with Gasteiger partial charge in [0, 0.05) is 12.8 Å². The van der Waals surface area contributed by atoms with E-state index in [4.69, 9.17) is 9.47 Å². The van der Waals surface area contributed by atoms with Gasteiger partial charge in [-0.1, -0.05) is 103 Å². The van der Waals surface area contributed by atoms with Crippen LogP contribution in [0.25, 0.3) is 0 Å². The van der Waals surface area contributed by atoms with Crippen molar-refractivity contribution in [2.75, 3.05) is 13.2 Å². The highest BCUT2D eigenvalue weighted by Gasteiger charge is 2.14. The van der Waals surface area contributed by atoms with E-state index in [0.29, 0.717) is 25.7 Å². The third kappa shape index (κ3) is 24.9. The van der Waals surface area contributed by atoms with Gasteiger partial charge in [-0.2, -0.15) is 0 Å². The number of rotatable bonds is 27. The Morgan fingerprint density at radius 3 is 1.63 bits per heavy atom. The molecule has 0 aromatic heterocycles. The first kappa shape index (κ1) is 36.6. The van der Waals surface area contributed by atoms with Gasteiger partial charge in [0.15, 0.2) is 0 Å². The molecule has 3 atom stereocenters. The lowest BCUT2D eigenvalue weighted by Gasteiger charge is -2.16. The molecule has 0 bridgehead atoms. The number of hydrogen-bond acceptors (Lipinski definition) is 7. The molecule has 0 spiro atoms. The minimum absolute atomic E-state index is 0.154. The number of allylic oxidation sites excluding steroid dienone is 1. The molecule has 0 radical (unpaired) electrons. The van der Waals surface area contributed by atoms with Crippen molar-refractivity contribution in [2.45, 2.75) is 161 Å². The number of aliphatic hydroxyl groups excluding tert-OH is 3. The van der Waals surface area contributed by atoms with Gasteiger partial charge < -0.3 is 24.8 Å². The summed E-state index contributed by atoms with van der Waals surface area (Å²) in [7, 11) is 0. The quantitative estimate of drug-likeness (QED) is 0.0612. The molecule has 0 saturated carbocycles. The summed E-state index contributed by atoms with van der Waals surface area (Å²) in [6.45, 7) is 4.04. The van der Waals surface area contributed by atoms with Gasteiger partial charge in [-0.25, -0.2) is 0 Å². The minimum Gasteiger partial charge on any atom is -0.463 e.